The van der Waals surface area contributed by atoms with E-state index in [0.29, 0.717) is 11.3 Å². The van der Waals surface area contributed by atoms with Crippen molar-refractivity contribution in [3.05, 3.63) is 64.2 Å². The van der Waals surface area contributed by atoms with Gasteiger partial charge in [0.1, 0.15) is 29.3 Å². The predicted octanol–water partition coefficient (Wildman–Crippen LogP) is 5.42. The molecule has 0 saturated heterocycles. The Hall–Kier alpha value is -3.75. The number of halogens is 4. The van der Waals surface area contributed by atoms with Gasteiger partial charge in [0.25, 0.3) is 0 Å². The van der Waals surface area contributed by atoms with Crippen LogP contribution in [0.2, 0.25) is 5.02 Å². The SMILES string of the molecule is COc1cccc(-c2nc(N)c(C#N)c(-c3ccc(C(F)(F)F)c(Cl)c3)c2C#N)c1. The van der Waals surface area contributed by atoms with Crippen molar-refractivity contribution >= 4 is 17.4 Å². The van der Waals surface area contributed by atoms with Crippen molar-refractivity contribution in [1.29, 1.82) is 10.5 Å². The molecule has 1 aromatic heterocycles. The van der Waals surface area contributed by atoms with Gasteiger partial charge >= 0.3 is 6.18 Å². The molecular formula is C21H12ClF3N4O. The van der Waals surface area contributed by atoms with Gasteiger partial charge in [0.05, 0.1) is 29.0 Å². The van der Waals surface area contributed by atoms with Gasteiger partial charge in [-0.3, -0.25) is 0 Å². The molecule has 0 bridgehead atoms. The molecular weight excluding hydrogens is 417 g/mol. The maximum Gasteiger partial charge on any atom is 0.417 e. The molecule has 150 valence electrons. The van der Waals surface area contributed by atoms with Crippen LogP contribution >= 0.6 is 11.6 Å². The third-order valence-electron chi connectivity index (χ3n) is 4.36. The number of alkyl halides is 3. The zero-order valence-electron chi connectivity index (χ0n) is 15.4. The number of nitrogen functional groups attached to an aromatic ring is 1. The van der Waals surface area contributed by atoms with Crippen LogP contribution in [0.3, 0.4) is 0 Å². The van der Waals surface area contributed by atoms with E-state index in [4.69, 9.17) is 22.1 Å². The molecule has 5 nitrogen and oxygen atoms in total. The lowest BCUT2D eigenvalue weighted by molar-refractivity contribution is -0.137. The Morgan fingerprint density at radius 2 is 1.73 bits per heavy atom. The number of ether oxygens (including phenoxy) is 1. The summed E-state index contributed by atoms with van der Waals surface area (Å²) in [4.78, 5) is 4.19. The number of aromatic nitrogens is 1. The predicted molar refractivity (Wildman–Crippen MR) is 106 cm³/mol. The molecule has 30 heavy (non-hydrogen) atoms. The Labute approximate surface area is 174 Å². The average Bonchev–Trinajstić information content (AvgIpc) is 2.71. The van der Waals surface area contributed by atoms with Gasteiger partial charge in [-0.25, -0.2) is 4.98 Å². The van der Waals surface area contributed by atoms with Gasteiger partial charge < -0.3 is 10.5 Å². The topological polar surface area (TPSA) is 95.7 Å². The van der Waals surface area contributed by atoms with Crippen LogP contribution in [0.4, 0.5) is 19.0 Å². The Balaban J connectivity index is 2.34. The summed E-state index contributed by atoms with van der Waals surface area (Å²) in [6, 6.07) is 13.5. The van der Waals surface area contributed by atoms with Crippen molar-refractivity contribution in [2.45, 2.75) is 6.18 Å². The summed E-state index contributed by atoms with van der Waals surface area (Å²) in [6.45, 7) is 0. The van der Waals surface area contributed by atoms with E-state index in [9.17, 15) is 23.7 Å². The highest BCUT2D eigenvalue weighted by Gasteiger charge is 2.33. The molecule has 0 aliphatic heterocycles. The fourth-order valence-corrected chi connectivity index (χ4v) is 3.28. The molecule has 0 fully saturated rings. The smallest absolute Gasteiger partial charge is 0.417 e. The van der Waals surface area contributed by atoms with Crippen LogP contribution in [0.5, 0.6) is 5.75 Å². The highest BCUT2D eigenvalue weighted by molar-refractivity contribution is 6.31. The summed E-state index contributed by atoms with van der Waals surface area (Å²) in [5.41, 5.74) is 5.62. The van der Waals surface area contributed by atoms with Crippen molar-refractivity contribution in [2.75, 3.05) is 12.8 Å². The Bertz CT molecular complexity index is 1230. The molecule has 0 aliphatic rings. The first-order valence-electron chi connectivity index (χ1n) is 8.36. The van der Waals surface area contributed by atoms with Crippen molar-refractivity contribution in [2.24, 2.45) is 0 Å². The molecule has 3 aromatic rings. The molecule has 1 heterocycles. The molecule has 0 spiro atoms. The largest absolute Gasteiger partial charge is 0.497 e. The highest BCUT2D eigenvalue weighted by Crippen LogP contribution is 2.40. The summed E-state index contributed by atoms with van der Waals surface area (Å²) in [5, 5.41) is 18.8. The Kier molecular flexibility index (Phi) is 5.55. The standard InChI is InChI=1S/C21H12ClF3N4O/c1-30-13-4-2-3-12(7-13)19-14(9-26)18(15(10-27)20(28)29-19)11-5-6-16(17(22)8-11)21(23,24)25/h2-8H,1H3,(H2,28,29). The van der Waals surface area contributed by atoms with E-state index in [1.165, 1.54) is 7.11 Å². The lowest BCUT2D eigenvalue weighted by atomic mass is 9.92. The second-order valence-corrected chi connectivity index (χ2v) is 6.53. The van der Waals surface area contributed by atoms with Crippen LogP contribution in [0, 0.1) is 22.7 Å². The van der Waals surface area contributed by atoms with Crippen LogP contribution in [0.15, 0.2) is 42.5 Å². The van der Waals surface area contributed by atoms with Crippen molar-refractivity contribution in [3.63, 3.8) is 0 Å². The van der Waals surface area contributed by atoms with Crippen LogP contribution in [-0.4, -0.2) is 12.1 Å². The second-order valence-electron chi connectivity index (χ2n) is 6.12. The van der Waals surface area contributed by atoms with Crippen molar-refractivity contribution in [3.8, 4) is 40.3 Å². The van der Waals surface area contributed by atoms with E-state index in [1.54, 1.807) is 24.3 Å². The number of hydrogen-bond donors (Lipinski definition) is 1. The lowest BCUT2D eigenvalue weighted by Gasteiger charge is -2.15. The maximum absolute atomic E-state index is 13.1. The van der Waals surface area contributed by atoms with Crippen LogP contribution in [0.25, 0.3) is 22.4 Å². The first kappa shape index (κ1) is 21.0. The highest BCUT2D eigenvalue weighted by atomic mass is 35.5. The third kappa shape index (κ3) is 3.73. The van der Waals surface area contributed by atoms with E-state index in [-0.39, 0.29) is 33.8 Å². The van der Waals surface area contributed by atoms with Crippen molar-refractivity contribution < 1.29 is 17.9 Å². The summed E-state index contributed by atoms with van der Waals surface area (Å²) < 4.78 is 44.4. The molecule has 0 atom stereocenters. The Morgan fingerprint density at radius 1 is 1.03 bits per heavy atom. The molecule has 9 heteroatoms. The van der Waals surface area contributed by atoms with Gasteiger partial charge in [0.2, 0.25) is 0 Å². The third-order valence-corrected chi connectivity index (χ3v) is 4.67. The minimum absolute atomic E-state index is 0.0233. The molecule has 0 unspecified atom stereocenters. The number of hydrogen-bond acceptors (Lipinski definition) is 5. The monoisotopic (exact) mass is 428 g/mol. The number of benzene rings is 2. The van der Waals surface area contributed by atoms with E-state index in [1.807, 2.05) is 12.1 Å². The molecule has 3 rings (SSSR count). The average molecular weight is 429 g/mol. The molecule has 2 N–H and O–H groups in total. The molecule has 0 aliphatic carbocycles. The number of nitriles is 2. The summed E-state index contributed by atoms with van der Waals surface area (Å²) >= 11 is 5.84. The number of nitrogens with two attached hydrogens (primary N) is 1. The summed E-state index contributed by atoms with van der Waals surface area (Å²) in [7, 11) is 1.47. The second kappa shape index (κ2) is 7.94. The van der Waals surface area contributed by atoms with Gasteiger partial charge in [-0.2, -0.15) is 23.7 Å². The van der Waals surface area contributed by atoms with Gasteiger partial charge in [-0.1, -0.05) is 29.8 Å². The lowest BCUT2D eigenvalue weighted by Crippen LogP contribution is -2.07. The minimum atomic E-state index is -4.64. The van der Waals surface area contributed by atoms with Gasteiger partial charge in [-0.05, 0) is 29.8 Å². The zero-order chi connectivity index (χ0) is 22.1. The number of methoxy groups -OCH3 is 1. The Morgan fingerprint density at radius 3 is 2.30 bits per heavy atom. The number of pyridine rings is 1. The summed E-state index contributed by atoms with van der Waals surface area (Å²) in [5.74, 6) is 0.334. The van der Waals surface area contributed by atoms with Gasteiger partial charge in [0.15, 0.2) is 0 Å². The fraction of sp³-hybridized carbons (Fsp3) is 0.0952. The number of rotatable bonds is 3. The van der Waals surface area contributed by atoms with E-state index in [0.717, 1.165) is 18.2 Å². The van der Waals surface area contributed by atoms with E-state index < -0.39 is 16.8 Å². The van der Waals surface area contributed by atoms with Crippen LogP contribution < -0.4 is 10.5 Å². The maximum atomic E-state index is 13.1. The van der Waals surface area contributed by atoms with Crippen LogP contribution in [-0.2, 0) is 6.18 Å². The van der Waals surface area contributed by atoms with E-state index in [2.05, 4.69) is 4.98 Å². The molecule has 0 saturated carbocycles. The van der Waals surface area contributed by atoms with Crippen LogP contribution in [0.1, 0.15) is 16.7 Å². The number of nitrogens with zero attached hydrogens (tertiary/aromatic N) is 3. The minimum Gasteiger partial charge on any atom is -0.497 e. The molecule has 0 amide bonds. The molecule has 2 aromatic carbocycles. The zero-order valence-corrected chi connectivity index (χ0v) is 16.1. The summed E-state index contributed by atoms with van der Waals surface area (Å²) in [6.07, 6.45) is -4.64. The van der Waals surface area contributed by atoms with Gasteiger partial charge in [0, 0.05) is 11.1 Å². The van der Waals surface area contributed by atoms with E-state index >= 15 is 0 Å². The first-order valence-corrected chi connectivity index (χ1v) is 8.74. The van der Waals surface area contributed by atoms with Crippen molar-refractivity contribution in [1.82, 2.24) is 4.98 Å². The molecule has 0 radical (unpaired) electrons. The van der Waals surface area contributed by atoms with Gasteiger partial charge in [-0.15, -0.1) is 0 Å². The quantitative estimate of drug-likeness (QED) is 0.600. The first-order chi connectivity index (χ1) is 14.2. The fourth-order valence-electron chi connectivity index (χ4n) is 2.99. The normalized spacial score (nSPS) is 10.9. The number of anilines is 1.